The van der Waals surface area contributed by atoms with E-state index >= 15 is 0 Å². The molecule has 116 valence electrons. The van der Waals surface area contributed by atoms with Gasteiger partial charge in [-0.25, -0.2) is 0 Å². The Morgan fingerprint density at radius 3 is 2.26 bits per heavy atom. The summed E-state index contributed by atoms with van der Waals surface area (Å²) in [6.45, 7) is 0. The van der Waals surface area contributed by atoms with Gasteiger partial charge in [0.2, 0.25) is 0 Å². The summed E-state index contributed by atoms with van der Waals surface area (Å²) in [7, 11) is 1.61. The molecule has 0 aliphatic carbocycles. The molecule has 3 rings (SSSR count). The number of pyridine rings is 1. The predicted molar refractivity (Wildman–Crippen MR) is 90.5 cm³/mol. The molecule has 1 N–H and O–H groups in total. The third-order valence-corrected chi connectivity index (χ3v) is 3.94. The first kappa shape index (κ1) is 15.3. The molecule has 1 heterocycles. The lowest BCUT2D eigenvalue weighted by Gasteiger charge is -2.24. The van der Waals surface area contributed by atoms with E-state index < -0.39 is 6.10 Å². The smallest absolute Gasteiger partial charge is 0.124 e. The maximum absolute atomic E-state index is 11.1. The number of aliphatic hydroxyl groups is 1. The summed E-state index contributed by atoms with van der Waals surface area (Å²) in [4.78, 5) is 4.46. The Morgan fingerprint density at radius 1 is 0.870 bits per heavy atom. The highest BCUT2D eigenvalue weighted by atomic mass is 16.5. The van der Waals surface area contributed by atoms with Gasteiger partial charge < -0.3 is 9.84 Å². The van der Waals surface area contributed by atoms with Crippen molar-refractivity contribution in [3.05, 3.63) is 95.8 Å². The van der Waals surface area contributed by atoms with E-state index in [1.165, 1.54) is 0 Å². The van der Waals surface area contributed by atoms with Crippen LogP contribution in [0.1, 0.15) is 28.8 Å². The summed E-state index contributed by atoms with van der Waals surface area (Å²) >= 11 is 0. The van der Waals surface area contributed by atoms with E-state index in [4.69, 9.17) is 4.74 Å². The lowest BCUT2D eigenvalue weighted by Crippen LogP contribution is -2.14. The molecular weight excluding hydrogens is 286 g/mol. The lowest BCUT2D eigenvalue weighted by atomic mass is 9.86. The molecule has 2 aromatic carbocycles. The maximum Gasteiger partial charge on any atom is 0.124 e. The molecule has 0 amide bonds. The Morgan fingerprint density at radius 2 is 1.57 bits per heavy atom. The fourth-order valence-corrected chi connectivity index (χ4v) is 2.83. The fraction of sp³-hybridized carbons (Fsp3) is 0.150. The van der Waals surface area contributed by atoms with E-state index in [0.29, 0.717) is 5.75 Å². The van der Waals surface area contributed by atoms with E-state index in [9.17, 15) is 5.11 Å². The van der Waals surface area contributed by atoms with E-state index in [1.807, 2.05) is 72.8 Å². The molecule has 23 heavy (non-hydrogen) atoms. The van der Waals surface area contributed by atoms with Gasteiger partial charge in [0.05, 0.1) is 24.8 Å². The molecule has 0 fully saturated rings. The summed E-state index contributed by atoms with van der Waals surface area (Å²) in [6.07, 6.45) is 1.00. The van der Waals surface area contributed by atoms with E-state index in [2.05, 4.69) is 4.98 Å². The van der Waals surface area contributed by atoms with Crippen molar-refractivity contribution in [1.82, 2.24) is 4.98 Å². The van der Waals surface area contributed by atoms with Gasteiger partial charge in [0.15, 0.2) is 0 Å². The summed E-state index contributed by atoms with van der Waals surface area (Å²) < 4.78 is 5.41. The van der Waals surface area contributed by atoms with Gasteiger partial charge in [0.25, 0.3) is 0 Å². The topological polar surface area (TPSA) is 42.4 Å². The van der Waals surface area contributed by atoms with Crippen LogP contribution in [0.3, 0.4) is 0 Å². The first-order valence-corrected chi connectivity index (χ1v) is 7.58. The molecule has 3 heteroatoms. The van der Waals surface area contributed by atoms with Crippen molar-refractivity contribution >= 4 is 0 Å². The van der Waals surface area contributed by atoms with Crippen LogP contribution in [0.25, 0.3) is 0 Å². The third kappa shape index (κ3) is 3.25. The Labute approximate surface area is 136 Å². The molecule has 0 aliphatic rings. The van der Waals surface area contributed by atoms with Crippen molar-refractivity contribution < 1.29 is 9.84 Å². The average molecular weight is 305 g/mol. The first-order valence-electron chi connectivity index (χ1n) is 7.58. The molecule has 0 bridgehead atoms. The van der Waals surface area contributed by atoms with Gasteiger partial charge >= 0.3 is 0 Å². The Kier molecular flexibility index (Phi) is 4.69. The Hall–Kier alpha value is -2.65. The van der Waals surface area contributed by atoms with E-state index in [0.717, 1.165) is 16.8 Å². The SMILES string of the molecule is COc1ccccc1[C@H](O)[C@@H](c1ccccc1)c1ccccn1. The van der Waals surface area contributed by atoms with Gasteiger partial charge in [-0.2, -0.15) is 0 Å². The van der Waals surface area contributed by atoms with Crippen LogP contribution in [-0.2, 0) is 0 Å². The molecule has 0 spiro atoms. The average Bonchev–Trinajstić information content (AvgIpc) is 2.63. The number of para-hydroxylation sites is 1. The monoisotopic (exact) mass is 305 g/mol. The molecule has 0 saturated carbocycles. The zero-order chi connectivity index (χ0) is 16.1. The van der Waals surface area contributed by atoms with Crippen LogP contribution in [0, 0.1) is 0 Å². The summed E-state index contributed by atoms with van der Waals surface area (Å²) in [6, 6.07) is 23.2. The number of hydrogen-bond acceptors (Lipinski definition) is 3. The molecule has 3 nitrogen and oxygen atoms in total. The Bertz CT molecular complexity index is 704. The summed E-state index contributed by atoms with van der Waals surface area (Å²) in [5, 5.41) is 11.1. The molecule has 2 atom stereocenters. The molecule has 0 radical (unpaired) electrons. The number of aliphatic hydroxyl groups excluding tert-OH is 1. The number of nitrogens with zero attached hydrogens (tertiary/aromatic N) is 1. The van der Waals surface area contributed by atoms with Gasteiger partial charge in [-0.15, -0.1) is 0 Å². The van der Waals surface area contributed by atoms with Crippen molar-refractivity contribution in [3.63, 3.8) is 0 Å². The van der Waals surface area contributed by atoms with Crippen molar-refractivity contribution in [2.45, 2.75) is 12.0 Å². The highest BCUT2D eigenvalue weighted by Crippen LogP contribution is 2.38. The quantitative estimate of drug-likeness (QED) is 0.776. The van der Waals surface area contributed by atoms with Gasteiger partial charge in [0, 0.05) is 11.8 Å². The number of ether oxygens (including phenoxy) is 1. The number of benzene rings is 2. The van der Waals surface area contributed by atoms with E-state index in [1.54, 1.807) is 13.3 Å². The number of aromatic nitrogens is 1. The predicted octanol–water partition coefficient (Wildman–Crippen LogP) is 3.96. The minimum atomic E-state index is -0.747. The number of hydrogen-bond donors (Lipinski definition) is 1. The number of methoxy groups -OCH3 is 1. The minimum absolute atomic E-state index is 0.256. The molecular formula is C20H19NO2. The highest BCUT2D eigenvalue weighted by Gasteiger charge is 2.27. The third-order valence-electron chi connectivity index (χ3n) is 3.94. The first-order chi connectivity index (χ1) is 11.3. The second-order valence-corrected chi connectivity index (χ2v) is 5.33. The van der Waals surface area contributed by atoms with Gasteiger partial charge in [-0.05, 0) is 23.8 Å². The van der Waals surface area contributed by atoms with Crippen LogP contribution in [-0.4, -0.2) is 17.2 Å². The van der Waals surface area contributed by atoms with E-state index in [-0.39, 0.29) is 5.92 Å². The zero-order valence-electron chi connectivity index (χ0n) is 13.0. The highest BCUT2D eigenvalue weighted by molar-refractivity contribution is 5.40. The fourth-order valence-electron chi connectivity index (χ4n) is 2.83. The molecule has 0 aliphatic heterocycles. The second kappa shape index (κ2) is 7.07. The van der Waals surface area contributed by atoms with Crippen molar-refractivity contribution in [2.75, 3.05) is 7.11 Å². The van der Waals surface area contributed by atoms with Gasteiger partial charge in [-0.3, -0.25) is 4.98 Å². The van der Waals surface area contributed by atoms with Gasteiger partial charge in [-0.1, -0.05) is 54.6 Å². The minimum Gasteiger partial charge on any atom is -0.496 e. The summed E-state index contributed by atoms with van der Waals surface area (Å²) in [5.41, 5.74) is 2.61. The Balaban J connectivity index is 2.08. The standard InChI is InChI=1S/C20H19NO2/c1-23-18-13-6-5-11-16(18)20(22)19(15-9-3-2-4-10-15)17-12-7-8-14-21-17/h2-14,19-20,22H,1H3/t19-,20-/m0/s1. The summed E-state index contributed by atoms with van der Waals surface area (Å²) in [5.74, 6) is 0.422. The van der Waals surface area contributed by atoms with Crippen molar-refractivity contribution in [3.8, 4) is 5.75 Å². The van der Waals surface area contributed by atoms with Crippen molar-refractivity contribution in [2.24, 2.45) is 0 Å². The molecule has 0 saturated heterocycles. The molecule has 1 aromatic heterocycles. The second-order valence-electron chi connectivity index (χ2n) is 5.33. The largest absolute Gasteiger partial charge is 0.496 e. The number of rotatable bonds is 5. The van der Waals surface area contributed by atoms with Crippen LogP contribution in [0.15, 0.2) is 79.0 Å². The van der Waals surface area contributed by atoms with Crippen LogP contribution in [0.4, 0.5) is 0 Å². The lowest BCUT2D eigenvalue weighted by molar-refractivity contribution is 0.153. The molecule has 3 aromatic rings. The van der Waals surface area contributed by atoms with Crippen LogP contribution in [0.5, 0.6) is 5.75 Å². The van der Waals surface area contributed by atoms with Crippen molar-refractivity contribution in [1.29, 1.82) is 0 Å². The maximum atomic E-state index is 11.1. The molecule has 0 unspecified atom stereocenters. The van der Waals surface area contributed by atoms with Gasteiger partial charge in [0.1, 0.15) is 5.75 Å². The van der Waals surface area contributed by atoms with Crippen LogP contribution < -0.4 is 4.74 Å². The zero-order valence-corrected chi connectivity index (χ0v) is 13.0. The normalized spacial score (nSPS) is 13.3. The van der Waals surface area contributed by atoms with Crippen LogP contribution in [0.2, 0.25) is 0 Å². The van der Waals surface area contributed by atoms with Crippen LogP contribution >= 0.6 is 0 Å².